The van der Waals surface area contributed by atoms with Crippen molar-refractivity contribution in [3.8, 4) is 17.0 Å². The minimum Gasteiger partial charge on any atom is -0.495 e. The number of aryl methyl sites for hydroxylation is 1. The highest BCUT2D eigenvalue weighted by Gasteiger charge is 2.11. The van der Waals surface area contributed by atoms with Gasteiger partial charge in [-0.1, -0.05) is 0 Å². The number of hydrogen-bond donors (Lipinski definition) is 2. The molecule has 0 aliphatic rings. The summed E-state index contributed by atoms with van der Waals surface area (Å²) >= 11 is 1.57. The lowest BCUT2D eigenvalue weighted by Gasteiger charge is -2.11. The van der Waals surface area contributed by atoms with Gasteiger partial charge in [0.25, 0.3) is 5.91 Å². The molecule has 0 saturated heterocycles. The zero-order valence-corrected chi connectivity index (χ0v) is 15.1. The summed E-state index contributed by atoms with van der Waals surface area (Å²) in [6.45, 7) is 0.540. The Hall–Kier alpha value is -2.87. The number of ether oxygens (including phenoxy) is 1. The molecule has 0 aliphatic carbocycles. The van der Waals surface area contributed by atoms with Crippen LogP contribution in [0.3, 0.4) is 0 Å². The molecule has 3 aromatic rings. The molecule has 3 rings (SSSR count). The van der Waals surface area contributed by atoms with Crippen molar-refractivity contribution in [2.24, 2.45) is 7.05 Å². The van der Waals surface area contributed by atoms with Gasteiger partial charge in [-0.25, -0.2) is 4.98 Å². The second-order valence-corrected chi connectivity index (χ2v) is 6.32. The number of anilines is 1. The molecule has 130 valence electrons. The zero-order chi connectivity index (χ0) is 17.8. The van der Waals surface area contributed by atoms with Gasteiger partial charge >= 0.3 is 0 Å². The van der Waals surface area contributed by atoms with E-state index in [1.807, 2.05) is 18.6 Å². The van der Waals surface area contributed by atoms with Gasteiger partial charge in [-0.15, -0.1) is 11.3 Å². The Morgan fingerprint density at radius 1 is 1.40 bits per heavy atom. The van der Waals surface area contributed by atoms with Crippen LogP contribution in [0.1, 0.15) is 15.4 Å². The van der Waals surface area contributed by atoms with Crippen molar-refractivity contribution >= 4 is 22.9 Å². The molecule has 2 heterocycles. The zero-order valence-electron chi connectivity index (χ0n) is 14.2. The van der Waals surface area contributed by atoms with E-state index in [2.05, 4.69) is 20.7 Å². The van der Waals surface area contributed by atoms with Crippen LogP contribution in [-0.2, 0) is 13.6 Å². The van der Waals surface area contributed by atoms with Gasteiger partial charge in [0.1, 0.15) is 10.8 Å². The summed E-state index contributed by atoms with van der Waals surface area (Å²) in [5.74, 6) is 0.538. The van der Waals surface area contributed by atoms with Crippen LogP contribution in [0.2, 0.25) is 0 Å². The van der Waals surface area contributed by atoms with E-state index in [-0.39, 0.29) is 5.91 Å². The molecule has 0 radical (unpaired) electrons. The summed E-state index contributed by atoms with van der Waals surface area (Å²) in [4.78, 5) is 16.4. The second-order valence-electron chi connectivity index (χ2n) is 5.38. The minimum absolute atomic E-state index is 0.140. The van der Waals surface area contributed by atoms with Gasteiger partial charge in [0.05, 0.1) is 31.2 Å². The van der Waals surface area contributed by atoms with Crippen molar-refractivity contribution < 1.29 is 9.53 Å². The lowest BCUT2D eigenvalue weighted by atomic mass is 10.1. The Morgan fingerprint density at radius 3 is 2.92 bits per heavy atom. The van der Waals surface area contributed by atoms with Gasteiger partial charge in [0.2, 0.25) is 0 Å². The van der Waals surface area contributed by atoms with Crippen LogP contribution in [0.4, 0.5) is 5.69 Å². The molecule has 0 bridgehead atoms. The van der Waals surface area contributed by atoms with E-state index in [1.165, 1.54) is 0 Å². The first-order chi connectivity index (χ1) is 12.1. The molecular formula is C17H19N5O2S. The summed E-state index contributed by atoms with van der Waals surface area (Å²) in [7, 11) is 5.09. The highest BCUT2D eigenvalue weighted by molar-refractivity contribution is 7.09. The number of thiazole rings is 1. The number of amides is 1. The highest BCUT2D eigenvalue weighted by Crippen LogP contribution is 2.27. The standard InChI is InChI=1S/C17H19N5O2S/c1-18-17(23)11-4-5-15(24-3)13(6-11)19-8-16-21-14(10-25-16)12-7-20-22(2)9-12/h4-7,9-10,19H,8H2,1-3H3,(H,18,23). The highest BCUT2D eigenvalue weighted by atomic mass is 32.1. The van der Waals surface area contributed by atoms with E-state index in [1.54, 1.807) is 54.6 Å². The topological polar surface area (TPSA) is 81.1 Å². The number of nitrogens with zero attached hydrogens (tertiary/aromatic N) is 3. The predicted molar refractivity (Wildman–Crippen MR) is 98.0 cm³/mol. The number of nitrogens with one attached hydrogen (secondary N) is 2. The number of aromatic nitrogens is 3. The number of carbonyl (C=O) groups excluding carboxylic acids is 1. The van der Waals surface area contributed by atoms with Gasteiger partial charge in [-0.2, -0.15) is 5.10 Å². The largest absolute Gasteiger partial charge is 0.495 e. The fraction of sp³-hybridized carbons (Fsp3) is 0.235. The Kier molecular flexibility index (Phi) is 4.99. The molecule has 25 heavy (non-hydrogen) atoms. The van der Waals surface area contributed by atoms with Crippen molar-refractivity contribution in [2.45, 2.75) is 6.54 Å². The van der Waals surface area contributed by atoms with Crippen LogP contribution < -0.4 is 15.4 Å². The van der Waals surface area contributed by atoms with E-state index in [9.17, 15) is 4.79 Å². The molecule has 0 fully saturated rings. The Bertz CT molecular complexity index is 887. The molecule has 7 nitrogen and oxygen atoms in total. The van der Waals surface area contributed by atoms with Crippen molar-refractivity contribution in [3.63, 3.8) is 0 Å². The molecule has 0 saturated carbocycles. The maximum absolute atomic E-state index is 11.8. The van der Waals surface area contributed by atoms with Crippen molar-refractivity contribution in [3.05, 3.63) is 46.5 Å². The molecule has 1 amide bonds. The van der Waals surface area contributed by atoms with E-state index in [0.717, 1.165) is 22.0 Å². The number of hydrogen-bond acceptors (Lipinski definition) is 6. The Labute approximate surface area is 149 Å². The summed E-state index contributed by atoms with van der Waals surface area (Å²) < 4.78 is 7.11. The summed E-state index contributed by atoms with van der Waals surface area (Å²) in [6.07, 6.45) is 3.73. The molecule has 2 N–H and O–H groups in total. The molecule has 0 unspecified atom stereocenters. The van der Waals surface area contributed by atoms with E-state index in [0.29, 0.717) is 17.9 Å². The second kappa shape index (κ2) is 7.35. The quantitative estimate of drug-likeness (QED) is 0.708. The van der Waals surface area contributed by atoms with Gasteiger partial charge in [-0.3, -0.25) is 9.48 Å². The maximum Gasteiger partial charge on any atom is 0.251 e. The molecule has 0 spiro atoms. The van der Waals surface area contributed by atoms with Gasteiger partial charge in [-0.05, 0) is 18.2 Å². The Balaban J connectivity index is 1.75. The first-order valence-electron chi connectivity index (χ1n) is 7.68. The van der Waals surface area contributed by atoms with Gasteiger partial charge in [0.15, 0.2) is 0 Å². The van der Waals surface area contributed by atoms with Crippen LogP contribution in [0.25, 0.3) is 11.3 Å². The van der Waals surface area contributed by atoms with E-state index < -0.39 is 0 Å². The van der Waals surface area contributed by atoms with Crippen molar-refractivity contribution in [2.75, 3.05) is 19.5 Å². The monoisotopic (exact) mass is 357 g/mol. The van der Waals surface area contributed by atoms with E-state index in [4.69, 9.17) is 4.74 Å². The molecule has 8 heteroatoms. The van der Waals surface area contributed by atoms with Crippen LogP contribution in [0.5, 0.6) is 5.75 Å². The molecule has 0 aliphatic heterocycles. The normalized spacial score (nSPS) is 10.5. The average molecular weight is 357 g/mol. The van der Waals surface area contributed by atoms with Crippen LogP contribution in [-0.4, -0.2) is 34.8 Å². The fourth-order valence-electron chi connectivity index (χ4n) is 2.38. The lowest BCUT2D eigenvalue weighted by Crippen LogP contribution is -2.18. The van der Waals surface area contributed by atoms with Gasteiger partial charge < -0.3 is 15.4 Å². The summed E-state index contributed by atoms with van der Waals surface area (Å²) in [5.41, 5.74) is 3.22. The van der Waals surface area contributed by atoms with Crippen LogP contribution >= 0.6 is 11.3 Å². The van der Waals surface area contributed by atoms with Crippen molar-refractivity contribution in [1.82, 2.24) is 20.1 Å². The minimum atomic E-state index is -0.140. The number of benzene rings is 1. The number of carbonyl (C=O) groups is 1. The van der Waals surface area contributed by atoms with Crippen molar-refractivity contribution in [1.29, 1.82) is 0 Å². The molecule has 0 atom stereocenters. The summed E-state index contributed by atoms with van der Waals surface area (Å²) in [5, 5.41) is 13.0. The molecular weight excluding hydrogens is 338 g/mol. The Morgan fingerprint density at radius 2 is 2.24 bits per heavy atom. The summed E-state index contributed by atoms with van der Waals surface area (Å²) in [6, 6.07) is 5.27. The first kappa shape index (κ1) is 17.0. The predicted octanol–water partition coefficient (Wildman–Crippen LogP) is 2.52. The first-order valence-corrected chi connectivity index (χ1v) is 8.56. The molecule has 1 aromatic carbocycles. The third-order valence-electron chi connectivity index (χ3n) is 3.67. The smallest absolute Gasteiger partial charge is 0.251 e. The van der Waals surface area contributed by atoms with Gasteiger partial charge in [0, 0.05) is 36.8 Å². The fourth-order valence-corrected chi connectivity index (χ4v) is 3.12. The van der Waals surface area contributed by atoms with E-state index >= 15 is 0 Å². The average Bonchev–Trinajstić information content (AvgIpc) is 3.27. The molecule has 2 aromatic heterocycles. The lowest BCUT2D eigenvalue weighted by molar-refractivity contribution is 0.0963. The third-order valence-corrected chi connectivity index (χ3v) is 4.52. The third kappa shape index (κ3) is 3.80. The maximum atomic E-state index is 11.8. The van der Waals surface area contributed by atoms with Crippen LogP contribution in [0.15, 0.2) is 36.0 Å². The number of rotatable bonds is 6. The van der Waals surface area contributed by atoms with Crippen LogP contribution in [0, 0.1) is 0 Å². The SMILES string of the molecule is CNC(=O)c1ccc(OC)c(NCc2nc(-c3cnn(C)c3)cs2)c1. The number of methoxy groups -OCH3 is 1.